The second kappa shape index (κ2) is 8.41. The molecule has 1 amide bonds. The molecule has 146 valence electrons. The molecule has 0 radical (unpaired) electrons. The van der Waals surface area contributed by atoms with Crippen LogP contribution in [0.1, 0.15) is 11.1 Å². The second-order valence-corrected chi connectivity index (χ2v) is 8.19. The Morgan fingerprint density at radius 1 is 1.04 bits per heavy atom. The standard InChI is InChI=1S/C19H24N2O5S/c1-13-6-8-18(26-5)16(10-13)20-19(22)12-21(3)27(23,24)15-7-9-17(25-4)14(2)11-15/h6-11H,12H2,1-5H3,(H,20,22). The predicted octanol–water partition coefficient (Wildman–Crippen LogP) is 2.58. The number of anilines is 1. The van der Waals surface area contributed by atoms with E-state index in [9.17, 15) is 13.2 Å². The monoisotopic (exact) mass is 392 g/mol. The van der Waals surface area contributed by atoms with Crippen molar-refractivity contribution in [3.8, 4) is 11.5 Å². The molecule has 0 atom stereocenters. The molecule has 0 bridgehead atoms. The van der Waals surface area contributed by atoms with Crippen LogP contribution in [-0.2, 0) is 14.8 Å². The third-order valence-corrected chi connectivity index (χ3v) is 5.87. The summed E-state index contributed by atoms with van der Waals surface area (Å²) in [5, 5.41) is 2.70. The van der Waals surface area contributed by atoms with Gasteiger partial charge in [-0.2, -0.15) is 4.31 Å². The summed E-state index contributed by atoms with van der Waals surface area (Å²) in [6.45, 7) is 3.32. The zero-order valence-corrected chi connectivity index (χ0v) is 16.9. The van der Waals surface area contributed by atoms with Crippen LogP contribution in [0, 0.1) is 13.8 Å². The minimum atomic E-state index is -3.81. The maximum absolute atomic E-state index is 12.7. The Bertz CT molecular complexity index is 941. The van der Waals surface area contributed by atoms with E-state index in [0.29, 0.717) is 22.7 Å². The van der Waals surface area contributed by atoms with Gasteiger partial charge in [0.2, 0.25) is 15.9 Å². The molecule has 27 heavy (non-hydrogen) atoms. The number of aryl methyl sites for hydroxylation is 2. The lowest BCUT2D eigenvalue weighted by atomic mass is 10.2. The van der Waals surface area contributed by atoms with Gasteiger partial charge in [-0.3, -0.25) is 4.79 Å². The minimum Gasteiger partial charge on any atom is -0.496 e. The quantitative estimate of drug-likeness (QED) is 0.783. The van der Waals surface area contributed by atoms with Crippen molar-refractivity contribution in [1.82, 2.24) is 4.31 Å². The molecule has 0 saturated heterocycles. The number of hydrogen-bond acceptors (Lipinski definition) is 5. The van der Waals surface area contributed by atoms with Crippen LogP contribution in [-0.4, -0.2) is 46.4 Å². The number of nitrogens with one attached hydrogen (secondary N) is 1. The van der Waals surface area contributed by atoms with Gasteiger partial charge < -0.3 is 14.8 Å². The van der Waals surface area contributed by atoms with E-state index in [1.165, 1.54) is 33.4 Å². The summed E-state index contributed by atoms with van der Waals surface area (Å²) in [5.41, 5.74) is 2.13. The Kier molecular flexibility index (Phi) is 6.45. The number of hydrogen-bond donors (Lipinski definition) is 1. The van der Waals surface area contributed by atoms with Gasteiger partial charge in [-0.1, -0.05) is 6.07 Å². The van der Waals surface area contributed by atoms with E-state index in [4.69, 9.17) is 9.47 Å². The van der Waals surface area contributed by atoms with Crippen LogP contribution in [0.2, 0.25) is 0 Å². The van der Waals surface area contributed by atoms with Crippen LogP contribution in [0.15, 0.2) is 41.3 Å². The van der Waals surface area contributed by atoms with Gasteiger partial charge in [-0.25, -0.2) is 8.42 Å². The number of carbonyl (C=O) groups is 1. The summed E-state index contributed by atoms with van der Waals surface area (Å²) in [6.07, 6.45) is 0. The Labute approximate surface area is 160 Å². The van der Waals surface area contributed by atoms with Crippen LogP contribution in [0.25, 0.3) is 0 Å². The summed E-state index contributed by atoms with van der Waals surface area (Å²) >= 11 is 0. The average Bonchev–Trinajstić information content (AvgIpc) is 2.61. The molecule has 0 heterocycles. The van der Waals surface area contributed by atoms with Crippen LogP contribution in [0.3, 0.4) is 0 Å². The van der Waals surface area contributed by atoms with Crippen molar-refractivity contribution in [3.63, 3.8) is 0 Å². The molecule has 7 nitrogen and oxygen atoms in total. The summed E-state index contributed by atoms with van der Waals surface area (Å²) in [6, 6.07) is 9.93. The van der Waals surface area contributed by atoms with Crippen molar-refractivity contribution in [2.24, 2.45) is 0 Å². The molecule has 2 aromatic carbocycles. The van der Waals surface area contributed by atoms with E-state index in [2.05, 4.69) is 5.32 Å². The summed E-state index contributed by atoms with van der Waals surface area (Å²) in [5.74, 6) is 0.640. The number of rotatable bonds is 7. The maximum Gasteiger partial charge on any atom is 0.243 e. The molecule has 2 rings (SSSR count). The van der Waals surface area contributed by atoms with E-state index >= 15 is 0 Å². The first kappa shape index (κ1) is 20.7. The Balaban J connectivity index is 2.16. The fourth-order valence-electron chi connectivity index (χ4n) is 2.59. The lowest BCUT2D eigenvalue weighted by Crippen LogP contribution is -2.35. The van der Waals surface area contributed by atoms with Crippen molar-refractivity contribution in [3.05, 3.63) is 47.5 Å². The lowest BCUT2D eigenvalue weighted by molar-refractivity contribution is -0.116. The Morgan fingerprint density at radius 2 is 1.67 bits per heavy atom. The molecule has 0 fully saturated rings. The second-order valence-electron chi connectivity index (χ2n) is 6.14. The van der Waals surface area contributed by atoms with Gasteiger partial charge in [0.05, 0.1) is 31.3 Å². The van der Waals surface area contributed by atoms with E-state index < -0.39 is 15.9 Å². The van der Waals surface area contributed by atoms with Crippen molar-refractivity contribution < 1.29 is 22.7 Å². The first-order valence-electron chi connectivity index (χ1n) is 8.24. The highest BCUT2D eigenvalue weighted by Crippen LogP contribution is 2.26. The number of likely N-dealkylation sites (N-methyl/N-ethyl adjacent to an activating group) is 1. The molecule has 0 aromatic heterocycles. The number of methoxy groups -OCH3 is 2. The number of amides is 1. The molecule has 0 saturated carbocycles. The molecule has 0 aliphatic heterocycles. The van der Waals surface area contributed by atoms with E-state index in [1.807, 2.05) is 13.0 Å². The number of carbonyl (C=O) groups excluding carboxylic acids is 1. The molecule has 0 unspecified atom stereocenters. The summed E-state index contributed by atoms with van der Waals surface area (Å²) in [4.78, 5) is 12.5. The third-order valence-electron chi connectivity index (χ3n) is 4.07. The topological polar surface area (TPSA) is 84.9 Å². The van der Waals surface area contributed by atoms with Gasteiger partial charge in [0, 0.05) is 7.05 Å². The highest BCUT2D eigenvalue weighted by molar-refractivity contribution is 7.89. The number of sulfonamides is 1. The Hall–Kier alpha value is -2.58. The van der Waals surface area contributed by atoms with E-state index in [0.717, 1.165) is 9.87 Å². The van der Waals surface area contributed by atoms with Crippen molar-refractivity contribution in [1.29, 1.82) is 0 Å². The highest BCUT2D eigenvalue weighted by Gasteiger charge is 2.24. The zero-order valence-electron chi connectivity index (χ0n) is 16.1. The van der Waals surface area contributed by atoms with Gasteiger partial charge in [0.15, 0.2) is 0 Å². The maximum atomic E-state index is 12.7. The van der Waals surface area contributed by atoms with Crippen molar-refractivity contribution in [2.45, 2.75) is 18.7 Å². The SMILES string of the molecule is COc1ccc(S(=O)(=O)N(C)CC(=O)Nc2cc(C)ccc2OC)cc1C. The van der Waals surface area contributed by atoms with Crippen molar-refractivity contribution in [2.75, 3.05) is 33.1 Å². The zero-order chi connectivity index (χ0) is 20.2. The molecular formula is C19H24N2O5S. The van der Waals surface area contributed by atoms with Crippen LogP contribution in [0.5, 0.6) is 11.5 Å². The molecule has 0 aliphatic rings. The summed E-state index contributed by atoms with van der Waals surface area (Å²) < 4.78 is 36.8. The molecular weight excluding hydrogens is 368 g/mol. The Morgan fingerprint density at radius 3 is 2.26 bits per heavy atom. The van der Waals surface area contributed by atoms with Crippen LogP contribution in [0.4, 0.5) is 5.69 Å². The third kappa shape index (κ3) is 4.78. The first-order chi connectivity index (χ1) is 12.7. The fraction of sp³-hybridized carbons (Fsp3) is 0.316. The number of nitrogens with zero attached hydrogens (tertiary/aromatic N) is 1. The normalized spacial score (nSPS) is 11.3. The molecule has 8 heteroatoms. The number of benzene rings is 2. The average molecular weight is 392 g/mol. The van der Waals surface area contributed by atoms with Crippen LogP contribution < -0.4 is 14.8 Å². The fourth-order valence-corrected chi connectivity index (χ4v) is 3.80. The highest BCUT2D eigenvalue weighted by atomic mass is 32.2. The van der Waals surface area contributed by atoms with Crippen molar-refractivity contribution >= 4 is 21.6 Å². The predicted molar refractivity (Wildman–Crippen MR) is 104 cm³/mol. The molecule has 0 spiro atoms. The minimum absolute atomic E-state index is 0.101. The molecule has 1 N–H and O–H groups in total. The van der Waals surface area contributed by atoms with Gasteiger partial charge in [0.25, 0.3) is 0 Å². The lowest BCUT2D eigenvalue weighted by Gasteiger charge is -2.18. The summed E-state index contributed by atoms with van der Waals surface area (Å²) in [7, 11) is 0.574. The van der Waals surface area contributed by atoms with Crippen LogP contribution >= 0.6 is 0 Å². The largest absolute Gasteiger partial charge is 0.496 e. The van der Waals surface area contributed by atoms with E-state index in [1.54, 1.807) is 25.1 Å². The molecule has 0 aliphatic carbocycles. The first-order valence-corrected chi connectivity index (χ1v) is 9.68. The van der Waals surface area contributed by atoms with Gasteiger partial charge in [0.1, 0.15) is 11.5 Å². The van der Waals surface area contributed by atoms with E-state index in [-0.39, 0.29) is 11.4 Å². The molecule has 2 aromatic rings. The van der Waals surface area contributed by atoms with Gasteiger partial charge in [-0.15, -0.1) is 0 Å². The number of ether oxygens (including phenoxy) is 2. The smallest absolute Gasteiger partial charge is 0.243 e. The van der Waals surface area contributed by atoms with Gasteiger partial charge in [-0.05, 0) is 55.3 Å². The van der Waals surface area contributed by atoms with Gasteiger partial charge >= 0.3 is 0 Å².